The summed E-state index contributed by atoms with van der Waals surface area (Å²) in [6.07, 6.45) is 2.10. The molecular weight excluding hydrogens is 284 g/mol. The van der Waals surface area contributed by atoms with Crippen molar-refractivity contribution < 1.29 is 18.7 Å². The van der Waals surface area contributed by atoms with Gasteiger partial charge in [0.25, 0.3) is 5.89 Å². The second kappa shape index (κ2) is 5.96. The summed E-state index contributed by atoms with van der Waals surface area (Å²) in [5.74, 6) is 1.75. The van der Waals surface area contributed by atoms with Gasteiger partial charge < -0.3 is 18.8 Å². The average molecular weight is 304 g/mol. The van der Waals surface area contributed by atoms with Gasteiger partial charge in [0.15, 0.2) is 5.76 Å². The Labute approximate surface area is 128 Å². The first-order valence-electron chi connectivity index (χ1n) is 7.50. The lowest BCUT2D eigenvalue weighted by atomic mass is 9.96. The number of aliphatic hydroxyl groups is 1. The summed E-state index contributed by atoms with van der Waals surface area (Å²) >= 11 is 0. The highest BCUT2D eigenvalue weighted by Crippen LogP contribution is 2.23. The molecule has 118 valence electrons. The highest BCUT2D eigenvalue weighted by molar-refractivity contribution is 5.78. The molecule has 6 nitrogen and oxygen atoms in total. The Morgan fingerprint density at radius 3 is 3.05 bits per heavy atom. The monoisotopic (exact) mass is 304 g/mol. The highest BCUT2D eigenvalue weighted by atomic mass is 16.4. The molecule has 1 saturated heterocycles. The van der Waals surface area contributed by atoms with Gasteiger partial charge in [-0.25, -0.2) is 4.98 Å². The van der Waals surface area contributed by atoms with Crippen molar-refractivity contribution in [3.63, 3.8) is 0 Å². The minimum absolute atomic E-state index is 0.0339. The second-order valence-electron chi connectivity index (χ2n) is 5.85. The number of aryl methyl sites for hydroxylation is 1. The van der Waals surface area contributed by atoms with Gasteiger partial charge in [-0.05, 0) is 31.4 Å². The molecule has 0 aromatic carbocycles. The normalized spacial score (nSPS) is 22.0. The van der Waals surface area contributed by atoms with Crippen LogP contribution in [-0.4, -0.2) is 40.1 Å². The van der Waals surface area contributed by atoms with Crippen molar-refractivity contribution in [3.05, 3.63) is 29.9 Å². The van der Waals surface area contributed by atoms with Gasteiger partial charge in [-0.3, -0.25) is 4.79 Å². The SMILES string of the molecule is Cc1oc(-c2ccco2)nc1CC(=O)N1CCC(C)C(O)C1. The molecule has 22 heavy (non-hydrogen) atoms. The molecule has 1 aliphatic heterocycles. The molecule has 0 aliphatic carbocycles. The predicted molar refractivity (Wildman–Crippen MR) is 79.0 cm³/mol. The van der Waals surface area contributed by atoms with Gasteiger partial charge in [0, 0.05) is 13.1 Å². The summed E-state index contributed by atoms with van der Waals surface area (Å²) in [4.78, 5) is 18.4. The minimum Gasteiger partial charge on any atom is -0.459 e. The molecule has 2 unspecified atom stereocenters. The molecule has 1 amide bonds. The number of aromatic nitrogens is 1. The van der Waals surface area contributed by atoms with Crippen LogP contribution in [0.15, 0.2) is 27.2 Å². The van der Waals surface area contributed by atoms with Gasteiger partial charge in [-0.1, -0.05) is 6.92 Å². The van der Waals surface area contributed by atoms with E-state index in [1.807, 2.05) is 6.92 Å². The molecule has 2 aromatic rings. The number of carbonyl (C=O) groups excluding carboxylic acids is 1. The third-order valence-corrected chi connectivity index (χ3v) is 4.21. The van der Waals surface area contributed by atoms with E-state index in [1.165, 1.54) is 0 Å². The Morgan fingerprint density at radius 1 is 1.55 bits per heavy atom. The van der Waals surface area contributed by atoms with E-state index in [2.05, 4.69) is 4.98 Å². The Bertz CT molecular complexity index is 647. The van der Waals surface area contributed by atoms with Crippen molar-refractivity contribution >= 4 is 5.91 Å². The maximum absolute atomic E-state index is 12.4. The molecule has 0 spiro atoms. The summed E-state index contributed by atoms with van der Waals surface area (Å²) in [6, 6.07) is 3.52. The summed E-state index contributed by atoms with van der Waals surface area (Å²) in [6.45, 7) is 4.86. The smallest absolute Gasteiger partial charge is 0.263 e. The van der Waals surface area contributed by atoms with Crippen LogP contribution < -0.4 is 0 Å². The minimum atomic E-state index is -0.449. The van der Waals surface area contributed by atoms with Gasteiger partial charge >= 0.3 is 0 Å². The van der Waals surface area contributed by atoms with E-state index in [0.29, 0.717) is 36.2 Å². The van der Waals surface area contributed by atoms with Crippen molar-refractivity contribution in [2.24, 2.45) is 5.92 Å². The molecule has 0 radical (unpaired) electrons. The van der Waals surface area contributed by atoms with Crippen LogP contribution in [0.3, 0.4) is 0 Å². The maximum Gasteiger partial charge on any atom is 0.263 e. The van der Waals surface area contributed by atoms with Gasteiger partial charge in [0.1, 0.15) is 5.76 Å². The fraction of sp³-hybridized carbons (Fsp3) is 0.500. The number of nitrogens with zero attached hydrogens (tertiary/aromatic N) is 2. The molecule has 1 N–H and O–H groups in total. The summed E-state index contributed by atoms with van der Waals surface area (Å²) in [7, 11) is 0. The van der Waals surface area contributed by atoms with Crippen molar-refractivity contribution in [1.29, 1.82) is 0 Å². The fourth-order valence-electron chi connectivity index (χ4n) is 2.63. The first kappa shape index (κ1) is 14.8. The quantitative estimate of drug-likeness (QED) is 0.938. The average Bonchev–Trinajstić information content (AvgIpc) is 3.12. The molecular formula is C16H20N2O4. The number of likely N-dealkylation sites (tertiary alicyclic amines) is 1. The second-order valence-corrected chi connectivity index (χ2v) is 5.85. The number of hydrogen-bond acceptors (Lipinski definition) is 5. The van der Waals surface area contributed by atoms with Gasteiger partial charge in [-0.2, -0.15) is 0 Å². The van der Waals surface area contributed by atoms with Crippen LogP contribution in [0.5, 0.6) is 0 Å². The number of β-amino-alcohol motifs (C(OH)–C–C–N with tert-alkyl or cyclic N) is 1. The van der Waals surface area contributed by atoms with Crippen molar-refractivity contribution in [3.8, 4) is 11.7 Å². The topological polar surface area (TPSA) is 79.7 Å². The van der Waals surface area contributed by atoms with Crippen LogP contribution in [-0.2, 0) is 11.2 Å². The maximum atomic E-state index is 12.4. The number of amides is 1. The van der Waals surface area contributed by atoms with Gasteiger partial charge in [0.05, 0.1) is 24.5 Å². The van der Waals surface area contributed by atoms with Gasteiger partial charge in [0.2, 0.25) is 5.91 Å². The number of carbonyl (C=O) groups is 1. The van der Waals surface area contributed by atoms with Crippen molar-refractivity contribution in [2.45, 2.75) is 32.8 Å². The summed E-state index contributed by atoms with van der Waals surface area (Å²) < 4.78 is 10.8. The molecule has 6 heteroatoms. The van der Waals surface area contributed by atoms with Crippen LogP contribution >= 0.6 is 0 Å². The molecule has 0 saturated carbocycles. The van der Waals surface area contributed by atoms with Crippen molar-refractivity contribution in [1.82, 2.24) is 9.88 Å². The number of rotatable bonds is 3. The molecule has 1 aliphatic rings. The third-order valence-electron chi connectivity index (χ3n) is 4.21. The molecule has 0 bridgehead atoms. The number of furan rings is 1. The van der Waals surface area contributed by atoms with Crippen LogP contribution in [0.1, 0.15) is 24.8 Å². The zero-order valence-electron chi connectivity index (χ0n) is 12.8. The van der Waals surface area contributed by atoms with Crippen molar-refractivity contribution in [2.75, 3.05) is 13.1 Å². The Kier molecular flexibility index (Phi) is 4.02. The van der Waals surface area contributed by atoms with E-state index < -0.39 is 6.10 Å². The standard InChI is InChI=1S/C16H20N2O4/c1-10-5-6-18(9-13(10)19)15(20)8-12-11(2)22-16(17-12)14-4-3-7-21-14/h3-4,7,10,13,19H,5-6,8-9H2,1-2H3. The molecule has 2 aromatic heterocycles. The van der Waals surface area contributed by atoms with Crippen LogP contribution in [0.4, 0.5) is 0 Å². The van der Waals surface area contributed by atoms with E-state index in [1.54, 1.807) is 30.2 Å². The summed E-state index contributed by atoms with van der Waals surface area (Å²) in [5, 5.41) is 9.91. The highest BCUT2D eigenvalue weighted by Gasteiger charge is 2.28. The first-order valence-corrected chi connectivity index (χ1v) is 7.50. The molecule has 3 heterocycles. The lowest BCUT2D eigenvalue weighted by Gasteiger charge is -2.34. The van der Waals surface area contributed by atoms with E-state index in [-0.39, 0.29) is 18.2 Å². The van der Waals surface area contributed by atoms with Crippen LogP contribution in [0.25, 0.3) is 11.7 Å². The Hall–Kier alpha value is -2.08. The molecule has 3 rings (SSSR count). The zero-order valence-corrected chi connectivity index (χ0v) is 12.8. The van der Waals surface area contributed by atoms with E-state index in [4.69, 9.17) is 8.83 Å². The number of aliphatic hydroxyl groups excluding tert-OH is 1. The Morgan fingerprint density at radius 2 is 2.36 bits per heavy atom. The fourth-order valence-corrected chi connectivity index (χ4v) is 2.63. The zero-order chi connectivity index (χ0) is 15.7. The first-order chi connectivity index (χ1) is 10.5. The van der Waals surface area contributed by atoms with Crippen LogP contribution in [0, 0.1) is 12.8 Å². The number of hydrogen-bond donors (Lipinski definition) is 1. The lowest BCUT2D eigenvalue weighted by Crippen LogP contribution is -2.46. The number of oxazole rings is 1. The third kappa shape index (κ3) is 2.92. The predicted octanol–water partition coefficient (Wildman–Crippen LogP) is 2.01. The van der Waals surface area contributed by atoms with E-state index in [0.717, 1.165) is 6.42 Å². The largest absolute Gasteiger partial charge is 0.459 e. The lowest BCUT2D eigenvalue weighted by molar-refractivity contribution is -0.134. The molecule has 1 fully saturated rings. The Balaban J connectivity index is 1.69. The van der Waals surface area contributed by atoms with Gasteiger partial charge in [-0.15, -0.1) is 0 Å². The number of piperidine rings is 1. The van der Waals surface area contributed by atoms with Crippen LogP contribution in [0.2, 0.25) is 0 Å². The molecule has 2 atom stereocenters. The van der Waals surface area contributed by atoms with E-state index >= 15 is 0 Å². The van der Waals surface area contributed by atoms with E-state index in [9.17, 15) is 9.90 Å². The summed E-state index contributed by atoms with van der Waals surface area (Å²) in [5.41, 5.74) is 0.615.